The van der Waals surface area contributed by atoms with E-state index in [1.54, 1.807) is 0 Å². The SMILES string of the molecule is O=C(O)C1CCC(c2nc(-c3cn[nH]n3)no2)O1. The van der Waals surface area contributed by atoms with Crippen molar-refractivity contribution in [1.82, 2.24) is 25.6 Å². The van der Waals surface area contributed by atoms with Crippen molar-refractivity contribution >= 4 is 5.97 Å². The van der Waals surface area contributed by atoms with Crippen molar-refractivity contribution < 1.29 is 19.2 Å². The highest BCUT2D eigenvalue weighted by Crippen LogP contribution is 2.32. The molecule has 94 valence electrons. The summed E-state index contributed by atoms with van der Waals surface area (Å²) in [6.07, 6.45) is 1.15. The maximum absolute atomic E-state index is 10.8. The second-order valence-corrected chi connectivity index (χ2v) is 3.84. The number of hydrogen-bond donors (Lipinski definition) is 2. The van der Waals surface area contributed by atoms with Crippen LogP contribution in [0.25, 0.3) is 11.5 Å². The Hall–Kier alpha value is -2.29. The van der Waals surface area contributed by atoms with Gasteiger partial charge in [-0.3, -0.25) is 0 Å². The molecule has 2 atom stereocenters. The Morgan fingerprint density at radius 2 is 2.39 bits per heavy atom. The molecule has 1 aliphatic rings. The van der Waals surface area contributed by atoms with Crippen molar-refractivity contribution in [1.29, 1.82) is 0 Å². The normalized spacial score (nSPS) is 23.3. The number of hydrogen-bond acceptors (Lipinski definition) is 7. The molecule has 3 heterocycles. The number of aliphatic carboxylic acids is 1. The molecule has 0 saturated carbocycles. The molecule has 1 aliphatic heterocycles. The Kier molecular flexibility index (Phi) is 2.52. The number of aromatic amines is 1. The number of aromatic nitrogens is 5. The predicted octanol–water partition coefficient (Wildman–Crippen LogP) is 0.159. The van der Waals surface area contributed by atoms with Crippen molar-refractivity contribution in [2.75, 3.05) is 0 Å². The van der Waals surface area contributed by atoms with E-state index in [0.29, 0.717) is 24.4 Å². The van der Waals surface area contributed by atoms with Crippen LogP contribution in [0.4, 0.5) is 0 Å². The third-order valence-electron chi connectivity index (χ3n) is 2.66. The molecule has 3 rings (SSSR count). The van der Waals surface area contributed by atoms with Gasteiger partial charge in [-0.1, -0.05) is 5.16 Å². The first kappa shape index (κ1) is 10.8. The van der Waals surface area contributed by atoms with Crippen LogP contribution in [0.5, 0.6) is 0 Å². The molecule has 9 nitrogen and oxygen atoms in total. The summed E-state index contributed by atoms with van der Waals surface area (Å²) in [5, 5.41) is 22.4. The number of rotatable bonds is 3. The van der Waals surface area contributed by atoms with E-state index in [9.17, 15) is 4.79 Å². The average Bonchev–Trinajstić information content (AvgIpc) is 3.10. The van der Waals surface area contributed by atoms with Crippen LogP contribution in [0, 0.1) is 0 Å². The van der Waals surface area contributed by atoms with Crippen LogP contribution in [-0.2, 0) is 9.53 Å². The summed E-state index contributed by atoms with van der Waals surface area (Å²) in [6.45, 7) is 0. The van der Waals surface area contributed by atoms with Crippen LogP contribution in [0.3, 0.4) is 0 Å². The maximum atomic E-state index is 10.8. The molecule has 2 aromatic rings. The van der Waals surface area contributed by atoms with E-state index in [1.807, 2.05) is 0 Å². The van der Waals surface area contributed by atoms with Gasteiger partial charge in [-0.2, -0.15) is 20.4 Å². The minimum absolute atomic E-state index is 0.261. The highest BCUT2D eigenvalue weighted by atomic mass is 16.5. The molecule has 2 N–H and O–H groups in total. The van der Waals surface area contributed by atoms with Crippen molar-refractivity contribution in [2.24, 2.45) is 0 Å². The predicted molar refractivity (Wildman–Crippen MR) is 54.2 cm³/mol. The summed E-state index contributed by atoms with van der Waals surface area (Å²) >= 11 is 0. The molecule has 0 amide bonds. The monoisotopic (exact) mass is 251 g/mol. The molecule has 0 aromatic carbocycles. The van der Waals surface area contributed by atoms with Crippen molar-refractivity contribution in [3.8, 4) is 11.5 Å². The number of H-pyrrole nitrogens is 1. The topological polar surface area (TPSA) is 127 Å². The number of nitrogens with one attached hydrogen (secondary N) is 1. The Morgan fingerprint density at radius 1 is 1.50 bits per heavy atom. The minimum Gasteiger partial charge on any atom is -0.479 e. The van der Waals surface area contributed by atoms with Crippen LogP contribution < -0.4 is 0 Å². The van der Waals surface area contributed by atoms with Crippen LogP contribution in [0.15, 0.2) is 10.7 Å². The van der Waals surface area contributed by atoms with E-state index in [1.165, 1.54) is 6.20 Å². The van der Waals surface area contributed by atoms with Gasteiger partial charge >= 0.3 is 5.97 Å². The molecule has 0 bridgehead atoms. The van der Waals surface area contributed by atoms with Gasteiger partial charge in [0.2, 0.25) is 5.82 Å². The Labute approximate surface area is 100 Å². The van der Waals surface area contributed by atoms with Gasteiger partial charge in [0, 0.05) is 0 Å². The maximum Gasteiger partial charge on any atom is 0.332 e. The zero-order valence-electron chi connectivity index (χ0n) is 9.11. The van der Waals surface area contributed by atoms with E-state index >= 15 is 0 Å². The lowest BCUT2D eigenvalue weighted by molar-refractivity contribution is -0.150. The lowest BCUT2D eigenvalue weighted by atomic mass is 10.2. The first-order valence-corrected chi connectivity index (χ1v) is 5.32. The van der Waals surface area contributed by atoms with E-state index in [2.05, 4.69) is 25.6 Å². The molecule has 18 heavy (non-hydrogen) atoms. The standard InChI is InChI=1S/C9H9N5O4/c15-9(16)6-2-1-5(17-6)8-11-7(13-18-8)4-3-10-14-12-4/h3,5-6H,1-2H2,(H,15,16)(H,10,12,14). The minimum atomic E-state index is -0.978. The van der Waals surface area contributed by atoms with Crippen LogP contribution in [-0.4, -0.2) is 42.7 Å². The first-order valence-electron chi connectivity index (χ1n) is 5.32. The number of ether oxygens (including phenoxy) is 1. The largest absolute Gasteiger partial charge is 0.479 e. The van der Waals surface area contributed by atoms with Crippen LogP contribution in [0.2, 0.25) is 0 Å². The highest BCUT2D eigenvalue weighted by molar-refractivity contribution is 5.72. The molecule has 2 unspecified atom stereocenters. The van der Waals surface area contributed by atoms with Gasteiger partial charge in [-0.25, -0.2) is 4.79 Å². The highest BCUT2D eigenvalue weighted by Gasteiger charge is 2.34. The average molecular weight is 251 g/mol. The Morgan fingerprint density at radius 3 is 3.06 bits per heavy atom. The van der Waals surface area contributed by atoms with E-state index < -0.39 is 18.2 Å². The zero-order valence-corrected chi connectivity index (χ0v) is 9.11. The van der Waals surface area contributed by atoms with Gasteiger partial charge < -0.3 is 14.4 Å². The lowest BCUT2D eigenvalue weighted by Crippen LogP contribution is -2.18. The second-order valence-electron chi connectivity index (χ2n) is 3.84. The van der Waals surface area contributed by atoms with Gasteiger partial charge in [0.25, 0.3) is 5.89 Å². The number of carboxylic acids is 1. The molecule has 9 heteroatoms. The quantitative estimate of drug-likeness (QED) is 0.789. The summed E-state index contributed by atoms with van der Waals surface area (Å²) in [4.78, 5) is 14.9. The van der Waals surface area contributed by atoms with Crippen molar-refractivity contribution in [3.05, 3.63) is 12.1 Å². The number of nitrogens with zero attached hydrogens (tertiary/aromatic N) is 4. The molecule has 0 spiro atoms. The Bertz CT molecular complexity index is 551. The van der Waals surface area contributed by atoms with Crippen molar-refractivity contribution in [2.45, 2.75) is 25.0 Å². The fraction of sp³-hybridized carbons (Fsp3) is 0.444. The van der Waals surface area contributed by atoms with E-state index in [4.69, 9.17) is 14.4 Å². The Balaban J connectivity index is 1.77. The first-order chi connectivity index (χ1) is 8.74. The third-order valence-corrected chi connectivity index (χ3v) is 2.66. The van der Waals surface area contributed by atoms with Gasteiger partial charge in [0.1, 0.15) is 6.10 Å². The van der Waals surface area contributed by atoms with E-state index in [0.717, 1.165) is 0 Å². The molecule has 0 aliphatic carbocycles. The van der Waals surface area contributed by atoms with Crippen LogP contribution in [0.1, 0.15) is 24.8 Å². The summed E-state index contributed by atoms with van der Waals surface area (Å²) in [5.41, 5.74) is 0.456. The lowest BCUT2D eigenvalue weighted by Gasteiger charge is -2.05. The second kappa shape index (κ2) is 4.18. The van der Waals surface area contributed by atoms with Gasteiger partial charge in [-0.15, -0.1) is 0 Å². The number of carbonyl (C=O) groups is 1. The number of carboxylic acid groups (broad SMARTS) is 1. The fourth-order valence-electron chi connectivity index (χ4n) is 1.78. The summed E-state index contributed by atoms with van der Waals surface area (Å²) in [6, 6.07) is 0. The van der Waals surface area contributed by atoms with Crippen molar-refractivity contribution in [3.63, 3.8) is 0 Å². The molecule has 1 saturated heterocycles. The molecule has 2 aromatic heterocycles. The van der Waals surface area contributed by atoms with Gasteiger partial charge in [0.15, 0.2) is 11.8 Å². The molecule has 0 radical (unpaired) electrons. The summed E-state index contributed by atoms with van der Waals surface area (Å²) < 4.78 is 10.3. The van der Waals surface area contributed by atoms with Gasteiger partial charge in [-0.05, 0) is 12.8 Å². The summed E-state index contributed by atoms with van der Waals surface area (Å²) in [5.74, 6) is -0.424. The molecular weight excluding hydrogens is 242 g/mol. The van der Waals surface area contributed by atoms with E-state index in [-0.39, 0.29) is 5.89 Å². The summed E-state index contributed by atoms with van der Waals surface area (Å²) in [7, 11) is 0. The zero-order chi connectivity index (χ0) is 12.5. The smallest absolute Gasteiger partial charge is 0.332 e. The fourth-order valence-corrected chi connectivity index (χ4v) is 1.78. The van der Waals surface area contributed by atoms with Gasteiger partial charge in [0.05, 0.1) is 6.20 Å². The molecule has 1 fully saturated rings. The van der Waals surface area contributed by atoms with Crippen LogP contribution >= 0.6 is 0 Å². The molecular formula is C9H9N5O4. The third kappa shape index (κ3) is 1.84.